The molecule has 0 radical (unpaired) electrons. The summed E-state index contributed by atoms with van der Waals surface area (Å²) in [6, 6.07) is 9.13. The second kappa shape index (κ2) is 8.97. The smallest absolute Gasteiger partial charge is 0.276 e. The van der Waals surface area contributed by atoms with Gasteiger partial charge in [-0.15, -0.1) is 0 Å². The Morgan fingerprint density at radius 2 is 2.00 bits per heavy atom. The highest BCUT2D eigenvalue weighted by atomic mass is 32.1. The summed E-state index contributed by atoms with van der Waals surface area (Å²) < 4.78 is 32.6. The highest BCUT2D eigenvalue weighted by Gasteiger charge is 2.38. The number of benzene rings is 1. The van der Waals surface area contributed by atoms with Crippen LogP contribution in [0, 0.1) is 0 Å². The van der Waals surface area contributed by atoms with Gasteiger partial charge in [0.05, 0.1) is 13.0 Å². The Labute approximate surface area is 181 Å². The summed E-state index contributed by atoms with van der Waals surface area (Å²) in [7, 11) is 0. The normalized spacial score (nSPS) is 15.6. The summed E-state index contributed by atoms with van der Waals surface area (Å²) in [4.78, 5) is 29.8. The number of likely N-dealkylation sites (tertiary alicyclic amines) is 1. The van der Waals surface area contributed by atoms with E-state index in [-0.39, 0.29) is 36.9 Å². The van der Waals surface area contributed by atoms with Gasteiger partial charge in [0.25, 0.3) is 11.8 Å². The number of hydrogen-bond donors (Lipinski definition) is 1. The molecule has 1 aliphatic heterocycles. The predicted molar refractivity (Wildman–Crippen MR) is 112 cm³/mol. The molecule has 1 aromatic carbocycles. The van der Waals surface area contributed by atoms with Crippen LogP contribution in [0.4, 0.5) is 8.78 Å². The third-order valence-electron chi connectivity index (χ3n) is 5.04. The number of rotatable bonds is 6. The number of hydrogen-bond acceptors (Lipinski definition) is 5. The molecule has 31 heavy (non-hydrogen) atoms. The molecule has 0 saturated carbocycles. The largest absolute Gasteiger partial charge is 0.444 e. The lowest BCUT2D eigenvalue weighted by atomic mass is 10.1. The molecule has 3 aromatic rings. The molecular weight excluding hydrogens is 424 g/mol. The lowest BCUT2D eigenvalue weighted by Crippen LogP contribution is -2.45. The second-order valence-corrected chi connectivity index (χ2v) is 8.29. The van der Waals surface area contributed by atoms with Crippen molar-refractivity contribution in [2.24, 2.45) is 0 Å². The maximum absolute atomic E-state index is 13.6. The van der Waals surface area contributed by atoms with Gasteiger partial charge in [0.15, 0.2) is 5.69 Å². The number of nitrogens with zero attached hydrogens (tertiary/aromatic N) is 2. The third-order valence-corrected chi connectivity index (χ3v) is 5.77. The van der Waals surface area contributed by atoms with Crippen LogP contribution in [-0.2, 0) is 17.8 Å². The van der Waals surface area contributed by atoms with Crippen LogP contribution in [0.25, 0.3) is 11.5 Å². The average Bonchev–Trinajstić information content (AvgIpc) is 3.44. The number of amides is 2. The molecular formula is C22H21F2N3O3S. The quantitative estimate of drug-likeness (QED) is 0.619. The number of oxazole rings is 1. The van der Waals surface area contributed by atoms with Gasteiger partial charge in [-0.25, -0.2) is 13.8 Å². The molecule has 3 heterocycles. The minimum atomic E-state index is -2.87. The topological polar surface area (TPSA) is 75.4 Å². The van der Waals surface area contributed by atoms with Crippen molar-refractivity contribution in [2.75, 3.05) is 13.1 Å². The van der Waals surface area contributed by atoms with Crippen LogP contribution in [-0.4, -0.2) is 40.7 Å². The van der Waals surface area contributed by atoms with E-state index in [4.69, 9.17) is 4.42 Å². The number of alkyl halides is 2. The number of aromatic nitrogens is 1. The van der Waals surface area contributed by atoms with E-state index in [2.05, 4.69) is 10.3 Å². The molecule has 1 fully saturated rings. The van der Waals surface area contributed by atoms with Gasteiger partial charge in [0, 0.05) is 25.1 Å². The van der Waals surface area contributed by atoms with Crippen LogP contribution in [0.2, 0.25) is 0 Å². The molecule has 0 bridgehead atoms. The van der Waals surface area contributed by atoms with Crippen molar-refractivity contribution in [1.29, 1.82) is 0 Å². The van der Waals surface area contributed by atoms with Crippen LogP contribution < -0.4 is 5.32 Å². The Morgan fingerprint density at radius 3 is 2.71 bits per heavy atom. The highest BCUT2D eigenvalue weighted by molar-refractivity contribution is 7.08. The van der Waals surface area contributed by atoms with Crippen molar-refractivity contribution in [3.05, 3.63) is 64.2 Å². The number of halogens is 2. The summed E-state index contributed by atoms with van der Waals surface area (Å²) >= 11 is 1.55. The lowest BCUT2D eigenvalue weighted by Gasteiger charge is -2.31. The number of carbonyl (C=O) groups is 2. The lowest BCUT2D eigenvalue weighted by molar-refractivity contribution is -0.120. The molecule has 1 saturated heterocycles. The molecule has 0 atom stereocenters. The van der Waals surface area contributed by atoms with Gasteiger partial charge < -0.3 is 14.6 Å². The van der Waals surface area contributed by atoms with Crippen LogP contribution in [0.1, 0.15) is 34.5 Å². The van der Waals surface area contributed by atoms with Crippen LogP contribution >= 0.6 is 11.3 Å². The minimum Gasteiger partial charge on any atom is -0.444 e. The van der Waals surface area contributed by atoms with E-state index in [0.717, 1.165) is 16.0 Å². The maximum Gasteiger partial charge on any atom is 0.276 e. The first-order chi connectivity index (χ1) is 14.9. The predicted octanol–water partition coefficient (Wildman–Crippen LogP) is 4.13. The molecule has 0 aliphatic carbocycles. The highest BCUT2D eigenvalue weighted by Crippen LogP contribution is 2.28. The zero-order valence-corrected chi connectivity index (χ0v) is 17.5. The first-order valence-corrected chi connectivity index (χ1v) is 10.8. The molecule has 4 rings (SSSR count). The van der Waals surface area contributed by atoms with Gasteiger partial charge >= 0.3 is 0 Å². The van der Waals surface area contributed by atoms with E-state index in [0.29, 0.717) is 18.5 Å². The van der Waals surface area contributed by atoms with Crippen LogP contribution in [0.5, 0.6) is 0 Å². The zero-order chi connectivity index (χ0) is 21.8. The van der Waals surface area contributed by atoms with Gasteiger partial charge in [-0.3, -0.25) is 9.59 Å². The fraction of sp³-hybridized carbons (Fsp3) is 0.318. The number of nitrogens with one attached hydrogen (secondary N) is 1. The fourth-order valence-electron chi connectivity index (χ4n) is 3.41. The van der Waals surface area contributed by atoms with Gasteiger partial charge in [-0.1, -0.05) is 12.1 Å². The molecule has 2 aromatic heterocycles. The van der Waals surface area contributed by atoms with Crippen molar-refractivity contribution in [3.8, 4) is 11.5 Å². The molecule has 6 nitrogen and oxygen atoms in total. The van der Waals surface area contributed by atoms with Gasteiger partial charge in [0.2, 0.25) is 11.8 Å². The van der Waals surface area contributed by atoms with Crippen molar-refractivity contribution in [3.63, 3.8) is 0 Å². The van der Waals surface area contributed by atoms with Crippen LogP contribution in [0.3, 0.4) is 0 Å². The van der Waals surface area contributed by atoms with E-state index in [1.54, 1.807) is 23.5 Å². The number of piperidine rings is 1. The molecule has 0 unspecified atom stereocenters. The van der Waals surface area contributed by atoms with Gasteiger partial charge in [-0.05, 0) is 46.5 Å². The Morgan fingerprint density at radius 1 is 1.19 bits per heavy atom. The van der Waals surface area contributed by atoms with Crippen molar-refractivity contribution >= 4 is 23.2 Å². The Balaban J connectivity index is 1.34. The Hall–Kier alpha value is -3.07. The molecule has 2 amide bonds. The first-order valence-electron chi connectivity index (χ1n) is 9.89. The molecule has 0 spiro atoms. The summed E-state index contributed by atoms with van der Waals surface area (Å²) in [5.41, 5.74) is 2.55. The van der Waals surface area contributed by atoms with Crippen LogP contribution in [0.15, 0.2) is 51.8 Å². The third kappa shape index (κ3) is 5.35. The minimum absolute atomic E-state index is 0.0115. The fourth-order valence-corrected chi connectivity index (χ4v) is 4.08. The summed E-state index contributed by atoms with van der Waals surface area (Å²) in [6.45, 7) is 0.0754. The Bertz CT molecular complexity index is 1050. The maximum atomic E-state index is 13.6. The molecule has 162 valence electrons. The van der Waals surface area contributed by atoms with Gasteiger partial charge in [0.1, 0.15) is 6.26 Å². The number of carbonyl (C=O) groups excluding carboxylic acids is 2. The summed E-state index contributed by atoms with van der Waals surface area (Å²) in [6.07, 6.45) is 1.59. The van der Waals surface area contributed by atoms with Crippen molar-refractivity contribution < 1.29 is 22.8 Å². The van der Waals surface area contributed by atoms with E-state index >= 15 is 0 Å². The average molecular weight is 445 g/mol. The van der Waals surface area contributed by atoms with E-state index < -0.39 is 18.4 Å². The standard InChI is InChI=1S/C22H21F2N3O3S/c23-22(24)7-1-8-27(14-22)21(29)18-12-30-20(26-18)17-4-2-15(3-5-17)11-25-19(28)10-16-6-9-31-13-16/h2-6,9,12-13H,1,7-8,10-11,14H2,(H,25,28). The monoisotopic (exact) mass is 445 g/mol. The van der Waals surface area contributed by atoms with Crippen molar-refractivity contribution in [2.45, 2.75) is 31.7 Å². The van der Waals surface area contributed by atoms with E-state index in [1.807, 2.05) is 29.0 Å². The van der Waals surface area contributed by atoms with Crippen molar-refractivity contribution in [1.82, 2.24) is 15.2 Å². The SMILES string of the molecule is O=C(Cc1ccsc1)NCc1ccc(-c2nc(C(=O)N3CCCC(F)(F)C3)co2)cc1. The molecule has 9 heteroatoms. The van der Waals surface area contributed by atoms with Gasteiger partial charge in [-0.2, -0.15) is 11.3 Å². The summed E-state index contributed by atoms with van der Waals surface area (Å²) in [5.74, 6) is -3.24. The second-order valence-electron chi connectivity index (χ2n) is 7.51. The van der Waals surface area contributed by atoms with E-state index in [1.165, 1.54) is 6.26 Å². The summed E-state index contributed by atoms with van der Waals surface area (Å²) in [5, 5.41) is 6.75. The number of thiophene rings is 1. The molecule has 1 aliphatic rings. The zero-order valence-electron chi connectivity index (χ0n) is 16.6. The Kier molecular flexibility index (Phi) is 6.13. The first kappa shape index (κ1) is 21.2. The molecule has 1 N–H and O–H groups in total. The van der Waals surface area contributed by atoms with E-state index in [9.17, 15) is 18.4 Å².